The first kappa shape index (κ1) is 20.7. The molecule has 3 rings (SSSR count). The van der Waals surface area contributed by atoms with Crippen LogP contribution in [0.4, 0.5) is 0 Å². The summed E-state index contributed by atoms with van der Waals surface area (Å²) in [6.45, 7) is 4.22. The third-order valence-corrected chi connectivity index (χ3v) is 5.19. The molecular formula is C18H28N4O6. The van der Waals surface area contributed by atoms with Gasteiger partial charge in [-0.3, -0.25) is 18.5 Å². The van der Waals surface area contributed by atoms with E-state index >= 15 is 0 Å². The van der Waals surface area contributed by atoms with Crippen molar-refractivity contribution in [2.24, 2.45) is 0 Å². The van der Waals surface area contributed by atoms with E-state index in [0.29, 0.717) is 19.5 Å². The average molecular weight is 396 g/mol. The molecule has 1 fully saturated rings. The maximum absolute atomic E-state index is 13.0. The molecule has 4 atom stereocenters. The highest BCUT2D eigenvalue weighted by molar-refractivity contribution is 5.70. The zero-order chi connectivity index (χ0) is 20.4. The second kappa shape index (κ2) is 8.56. The molecule has 0 saturated carbocycles. The molecule has 0 amide bonds. The number of imidazole rings is 1. The number of hydrogen-bond acceptors (Lipinski definition) is 7. The second-order valence-corrected chi connectivity index (χ2v) is 7.15. The van der Waals surface area contributed by atoms with E-state index < -0.39 is 42.4 Å². The van der Waals surface area contributed by atoms with E-state index in [1.807, 2.05) is 13.8 Å². The minimum Gasteiger partial charge on any atom is -0.394 e. The number of aliphatic hydroxyl groups is 3. The summed E-state index contributed by atoms with van der Waals surface area (Å²) in [5.41, 5.74) is -0.532. The number of unbranched alkanes of at least 4 members (excludes halogenated alkanes) is 2. The van der Waals surface area contributed by atoms with Crippen molar-refractivity contribution < 1.29 is 20.1 Å². The minimum atomic E-state index is -1.33. The number of aliphatic hydroxyl groups excluding tert-OH is 3. The van der Waals surface area contributed by atoms with Crippen LogP contribution in [-0.4, -0.2) is 58.9 Å². The Morgan fingerprint density at radius 2 is 1.71 bits per heavy atom. The van der Waals surface area contributed by atoms with Crippen LogP contribution in [0.3, 0.4) is 0 Å². The van der Waals surface area contributed by atoms with Crippen molar-refractivity contribution >= 4 is 11.2 Å². The standard InChI is InChI=1S/C18H28N4O6/c1-3-5-7-20-15-12(16(26)21(18(20)27)8-6-4-2)19-10-22(15)17-14(25)13(24)11(9-23)28-17/h10-11,13-14,17,23-25H,3-9H2,1-2H3/t11-,13-,14-,17-/m1/s1. The lowest BCUT2D eigenvalue weighted by Gasteiger charge is -2.19. The molecule has 1 saturated heterocycles. The molecule has 0 unspecified atom stereocenters. The fourth-order valence-corrected chi connectivity index (χ4v) is 3.55. The van der Waals surface area contributed by atoms with Crippen molar-refractivity contribution in [3.05, 3.63) is 27.2 Å². The van der Waals surface area contributed by atoms with Crippen LogP contribution in [-0.2, 0) is 17.8 Å². The summed E-state index contributed by atoms with van der Waals surface area (Å²) in [7, 11) is 0. The summed E-state index contributed by atoms with van der Waals surface area (Å²) < 4.78 is 9.66. The van der Waals surface area contributed by atoms with Crippen molar-refractivity contribution in [3.63, 3.8) is 0 Å². The first-order valence-corrected chi connectivity index (χ1v) is 9.78. The zero-order valence-electron chi connectivity index (χ0n) is 16.2. The van der Waals surface area contributed by atoms with Gasteiger partial charge in [0.2, 0.25) is 0 Å². The minimum absolute atomic E-state index is 0.115. The Morgan fingerprint density at radius 3 is 2.29 bits per heavy atom. The van der Waals surface area contributed by atoms with E-state index in [9.17, 15) is 24.9 Å². The fourth-order valence-electron chi connectivity index (χ4n) is 3.55. The zero-order valence-corrected chi connectivity index (χ0v) is 16.2. The smallest absolute Gasteiger partial charge is 0.332 e. The highest BCUT2D eigenvalue weighted by atomic mass is 16.6. The van der Waals surface area contributed by atoms with Gasteiger partial charge in [0.1, 0.15) is 18.3 Å². The van der Waals surface area contributed by atoms with Crippen molar-refractivity contribution in [2.45, 2.75) is 77.2 Å². The Bertz CT molecular complexity index is 933. The van der Waals surface area contributed by atoms with Crippen LogP contribution in [0.15, 0.2) is 15.9 Å². The van der Waals surface area contributed by atoms with Gasteiger partial charge in [-0.15, -0.1) is 0 Å². The molecule has 3 heterocycles. The number of ether oxygens (including phenoxy) is 1. The molecule has 2 aromatic heterocycles. The van der Waals surface area contributed by atoms with Gasteiger partial charge in [0.05, 0.1) is 12.9 Å². The van der Waals surface area contributed by atoms with Crippen LogP contribution < -0.4 is 11.2 Å². The molecule has 0 spiro atoms. The van der Waals surface area contributed by atoms with E-state index in [0.717, 1.165) is 19.3 Å². The molecule has 3 N–H and O–H groups in total. The monoisotopic (exact) mass is 396 g/mol. The third-order valence-electron chi connectivity index (χ3n) is 5.19. The van der Waals surface area contributed by atoms with Gasteiger partial charge in [-0.1, -0.05) is 26.7 Å². The van der Waals surface area contributed by atoms with E-state index in [2.05, 4.69) is 4.98 Å². The van der Waals surface area contributed by atoms with E-state index in [-0.39, 0.29) is 11.2 Å². The molecule has 10 heteroatoms. The number of hydrogen-bond donors (Lipinski definition) is 3. The summed E-state index contributed by atoms with van der Waals surface area (Å²) in [5, 5.41) is 29.7. The Hall–Kier alpha value is -2.01. The molecule has 10 nitrogen and oxygen atoms in total. The van der Waals surface area contributed by atoms with Crippen molar-refractivity contribution in [3.8, 4) is 0 Å². The average Bonchev–Trinajstić information content (AvgIpc) is 3.24. The van der Waals surface area contributed by atoms with Gasteiger partial charge in [-0.05, 0) is 12.8 Å². The molecule has 156 valence electrons. The molecule has 1 aliphatic heterocycles. The second-order valence-electron chi connectivity index (χ2n) is 7.15. The maximum Gasteiger partial charge on any atom is 0.332 e. The molecule has 2 aromatic rings. The Balaban J connectivity index is 2.19. The SMILES string of the molecule is CCCCn1c(=O)c2ncn([C@@H]3O[C@H](CO)[C@@H](O)[C@H]3O)c2n(CCCC)c1=O. The number of aromatic nitrogens is 4. The molecule has 0 aromatic carbocycles. The lowest BCUT2D eigenvalue weighted by Crippen LogP contribution is -2.41. The van der Waals surface area contributed by atoms with E-state index in [1.54, 1.807) is 0 Å². The summed E-state index contributed by atoms with van der Waals surface area (Å²) in [6.07, 6.45) is -0.182. The van der Waals surface area contributed by atoms with Crippen LogP contribution in [0.25, 0.3) is 11.2 Å². The summed E-state index contributed by atoms with van der Waals surface area (Å²) in [5.74, 6) is 0. The van der Waals surface area contributed by atoms with Crippen molar-refractivity contribution in [1.82, 2.24) is 18.7 Å². The lowest BCUT2D eigenvalue weighted by molar-refractivity contribution is -0.0513. The Morgan fingerprint density at radius 1 is 1.07 bits per heavy atom. The van der Waals surface area contributed by atoms with Crippen LogP contribution in [0.1, 0.15) is 45.8 Å². The molecule has 1 aliphatic rings. The highest BCUT2D eigenvalue weighted by Gasteiger charge is 2.44. The van der Waals surface area contributed by atoms with Crippen molar-refractivity contribution in [2.75, 3.05) is 6.61 Å². The van der Waals surface area contributed by atoms with Gasteiger partial charge in [0.25, 0.3) is 5.56 Å². The third kappa shape index (κ3) is 3.41. The van der Waals surface area contributed by atoms with Gasteiger partial charge in [-0.25, -0.2) is 9.78 Å². The van der Waals surface area contributed by atoms with Crippen LogP contribution in [0.2, 0.25) is 0 Å². The predicted octanol–water partition coefficient (Wildman–Crippen LogP) is -0.429. The maximum atomic E-state index is 13.0. The van der Waals surface area contributed by atoms with Gasteiger partial charge in [-0.2, -0.15) is 0 Å². The van der Waals surface area contributed by atoms with Gasteiger partial charge < -0.3 is 20.1 Å². The molecule has 0 radical (unpaired) electrons. The number of nitrogens with zero attached hydrogens (tertiary/aromatic N) is 4. The quantitative estimate of drug-likeness (QED) is 0.552. The normalized spacial score (nSPS) is 25.0. The first-order valence-electron chi connectivity index (χ1n) is 9.78. The summed E-state index contributed by atoms with van der Waals surface area (Å²) in [4.78, 5) is 30.1. The summed E-state index contributed by atoms with van der Waals surface area (Å²) in [6, 6.07) is 0. The largest absolute Gasteiger partial charge is 0.394 e. The number of fused-ring (bicyclic) bond motifs is 1. The van der Waals surface area contributed by atoms with Crippen LogP contribution >= 0.6 is 0 Å². The van der Waals surface area contributed by atoms with Gasteiger partial charge in [0.15, 0.2) is 17.4 Å². The van der Waals surface area contributed by atoms with Crippen LogP contribution in [0, 0.1) is 0 Å². The topological polar surface area (TPSA) is 132 Å². The van der Waals surface area contributed by atoms with Crippen molar-refractivity contribution in [1.29, 1.82) is 0 Å². The Labute approximate surface area is 161 Å². The molecule has 0 aliphatic carbocycles. The lowest BCUT2D eigenvalue weighted by atomic mass is 10.1. The molecule has 28 heavy (non-hydrogen) atoms. The number of rotatable bonds is 8. The fraction of sp³-hybridized carbons (Fsp3) is 0.722. The number of aryl methyl sites for hydroxylation is 1. The van der Waals surface area contributed by atoms with E-state index in [1.165, 1.54) is 20.0 Å². The van der Waals surface area contributed by atoms with E-state index in [4.69, 9.17) is 4.74 Å². The van der Waals surface area contributed by atoms with Gasteiger partial charge in [0, 0.05) is 13.1 Å². The van der Waals surface area contributed by atoms with Crippen LogP contribution in [0.5, 0.6) is 0 Å². The molecule has 0 bridgehead atoms. The molecular weight excluding hydrogens is 368 g/mol. The highest BCUT2D eigenvalue weighted by Crippen LogP contribution is 2.31. The summed E-state index contributed by atoms with van der Waals surface area (Å²) >= 11 is 0. The van der Waals surface area contributed by atoms with Gasteiger partial charge >= 0.3 is 5.69 Å². The first-order chi connectivity index (χ1) is 13.5. The predicted molar refractivity (Wildman–Crippen MR) is 101 cm³/mol. The Kier molecular flexibility index (Phi) is 6.33.